The van der Waals surface area contributed by atoms with Crippen LogP contribution in [0.5, 0.6) is 5.75 Å². The number of ether oxygens (including phenoxy) is 1. The van der Waals surface area contributed by atoms with Gasteiger partial charge < -0.3 is 4.74 Å². The molecule has 0 atom stereocenters. The van der Waals surface area contributed by atoms with Crippen LogP contribution in [0.2, 0.25) is 0 Å². The standard InChI is InChI=1S/C21H12O3/c1-24-16-10-9-14-17-13(16)7-4-8-15(17)21(23)19-18(14)11-5-2-3-6-12(11)20(19)22/h2-10H,1H3. The maximum atomic E-state index is 13.0. The number of benzene rings is 3. The summed E-state index contributed by atoms with van der Waals surface area (Å²) in [4.78, 5) is 25.8. The van der Waals surface area contributed by atoms with E-state index in [1.54, 1.807) is 19.2 Å². The number of rotatable bonds is 1. The van der Waals surface area contributed by atoms with E-state index < -0.39 is 0 Å². The van der Waals surface area contributed by atoms with Crippen molar-refractivity contribution in [1.82, 2.24) is 0 Å². The van der Waals surface area contributed by atoms with Gasteiger partial charge in [-0.05, 0) is 23.3 Å². The highest BCUT2D eigenvalue weighted by molar-refractivity contribution is 6.44. The van der Waals surface area contributed by atoms with Crippen molar-refractivity contribution >= 4 is 27.9 Å². The van der Waals surface area contributed by atoms with Gasteiger partial charge in [0.1, 0.15) is 5.75 Å². The number of hydrogen-bond acceptors (Lipinski definition) is 3. The molecule has 24 heavy (non-hydrogen) atoms. The second-order valence-electron chi connectivity index (χ2n) is 6.00. The third kappa shape index (κ3) is 1.42. The lowest BCUT2D eigenvalue weighted by atomic mass is 9.82. The second kappa shape index (κ2) is 4.42. The lowest BCUT2D eigenvalue weighted by molar-refractivity contribution is 0.0967. The molecule has 0 aromatic heterocycles. The van der Waals surface area contributed by atoms with Gasteiger partial charge in [-0.3, -0.25) is 9.59 Å². The lowest BCUT2D eigenvalue weighted by Gasteiger charge is -2.20. The Labute approximate surface area is 138 Å². The minimum Gasteiger partial charge on any atom is -0.496 e. The molecule has 3 nitrogen and oxygen atoms in total. The fourth-order valence-electron chi connectivity index (χ4n) is 3.87. The largest absolute Gasteiger partial charge is 0.496 e. The number of fused-ring (bicyclic) bond motifs is 3. The Morgan fingerprint density at radius 3 is 2.17 bits per heavy atom. The van der Waals surface area contributed by atoms with Crippen molar-refractivity contribution in [1.29, 1.82) is 0 Å². The van der Waals surface area contributed by atoms with Crippen molar-refractivity contribution in [2.75, 3.05) is 7.11 Å². The number of carbonyl (C=O) groups excluding carboxylic acids is 2. The highest BCUT2D eigenvalue weighted by Gasteiger charge is 2.39. The maximum absolute atomic E-state index is 13.0. The van der Waals surface area contributed by atoms with Crippen molar-refractivity contribution in [3.63, 3.8) is 0 Å². The topological polar surface area (TPSA) is 43.4 Å². The van der Waals surface area contributed by atoms with Crippen molar-refractivity contribution in [3.05, 3.63) is 82.4 Å². The van der Waals surface area contributed by atoms with E-state index in [2.05, 4.69) is 0 Å². The van der Waals surface area contributed by atoms with Gasteiger partial charge in [-0.25, -0.2) is 0 Å². The monoisotopic (exact) mass is 312 g/mol. The summed E-state index contributed by atoms with van der Waals surface area (Å²) in [5.41, 5.74) is 3.99. The zero-order chi connectivity index (χ0) is 16.4. The van der Waals surface area contributed by atoms with Crippen molar-refractivity contribution in [2.24, 2.45) is 0 Å². The molecule has 0 bridgehead atoms. The Morgan fingerprint density at radius 2 is 1.38 bits per heavy atom. The molecular weight excluding hydrogens is 300 g/mol. The molecule has 3 aromatic carbocycles. The van der Waals surface area contributed by atoms with E-state index in [1.807, 2.05) is 42.5 Å². The molecule has 0 saturated carbocycles. The summed E-state index contributed by atoms with van der Waals surface area (Å²) in [5.74, 6) is 0.353. The number of hydrogen-bond donors (Lipinski definition) is 0. The molecule has 0 amide bonds. The third-order valence-electron chi connectivity index (χ3n) is 4.88. The van der Waals surface area contributed by atoms with Crippen LogP contribution in [0.25, 0.3) is 16.3 Å². The Balaban J connectivity index is 1.97. The predicted octanol–water partition coefficient (Wildman–Crippen LogP) is 4.04. The normalized spacial score (nSPS) is 14.9. The molecule has 3 aromatic rings. The van der Waals surface area contributed by atoms with Crippen LogP contribution in [-0.4, -0.2) is 18.7 Å². The fraction of sp³-hybridized carbons (Fsp3) is 0.0476. The van der Waals surface area contributed by atoms with Gasteiger partial charge in [-0.2, -0.15) is 0 Å². The maximum Gasteiger partial charge on any atom is 0.198 e. The van der Waals surface area contributed by atoms with Gasteiger partial charge in [-0.1, -0.05) is 42.5 Å². The van der Waals surface area contributed by atoms with Crippen LogP contribution >= 0.6 is 0 Å². The number of ketones is 2. The Morgan fingerprint density at radius 1 is 0.667 bits per heavy atom. The van der Waals surface area contributed by atoms with Crippen LogP contribution < -0.4 is 4.74 Å². The lowest BCUT2D eigenvalue weighted by Crippen LogP contribution is -2.15. The zero-order valence-electron chi connectivity index (χ0n) is 12.9. The summed E-state index contributed by atoms with van der Waals surface area (Å²) < 4.78 is 5.45. The first kappa shape index (κ1) is 13.3. The molecular formula is C21H12O3. The molecule has 0 saturated heterocycles. The number of methoxy groups -OCH3 is 1. The summed E-state index contributed by atoms with van der Waals surface area (Å²) in [6, 6.07) is 16.8. The first-order valence-electron chi connectivity index (χ1n) is 7.75. The SMILES string of the molecule is COc1ccc2c3c(cccc13)C(=O)C1=C2c2ccccc2C1=O. The molecule has 114 valence electrons. The van der Waals surface area contributed by atoms with E-state index in [-0.39, 0.29) is 11.6 Å². The summed E-state index contributed by atoms with van der Waals surface area (Å²) in [5, 5.41) is 1.76. The van der Waals surface area contributed by atoms with Crippen molar-refractivity contribution < 1.29 is 14.3 Å². The average Bonchev–Trinajstić information content (AvgIpc) is 2.93. The van der Waals surface area contributed by atoms with Crippen molar-refractivity contribution in [2.45, 2.75) is 0 Å². The average molecular weight is 312 g/mol. The molecule has 3 heteroatoms. The van der Waals surface area contributed by atoms with Crippen LogP contribution in [0.1, 0.15) is 31.8 Å². The van der Waals surface area contributed by atoms with Crippen LogP contribution in [0.3, 0.4) is 0 Å². The van der Waals surface area contributed by atoms with Gasteiger partial charge in [0.2, 0.25) is 0 Å². The molecule has 0 aliphatic heterocycles. The minimum atomic E-state index is -0.197. The molecule has 0 fully saturated rings. The van der Waals surface area contributed by atoms with E-state index in [4.69, 9.17) is 4.74 Å². The second-order valence-corrected chi connectivity index (χ2v) is 6.00. The highest BCUT2D eigenvalue weighted by atomic mass is 16.5. The van der Waals surface area contributed by atoms with Gasteiger partial charge in [0.15, 0.2) is 11.6 Å². The summed E-state index contributed by atoms with van der Waals surface area (Å²) in [6.07, 6.45) is 0. The Kier molecular flexibility index (Phi) is 2.44. The summed E-state index contributed by atoms with van der Waals surface area (Å²) in [7, 11) is 1.62. The number of allylic oxidation sites excluding steroid dienone is 1. The van der Waals surface area contributed by atoms with Crippen LogP contribution in [0.15, 0.2) is 60.2 Å². The minimum absolute atomic E-state index is 0.177. The van der Waals surface area contributed by atoms with E-state index in [9.17, 15) is 9.59 Å². The summed E-state index contributed by atoms with van der Waals surface area (Å²) in [6.45, 7) is 0. The smallest absolute Gasteiger partial charge is 0.198 e. The molecule has 0 heterocycles. The predicted molar refractivity (Wildman–Crippen MR) is 91.6 cm³/mol. The van der Waals surface area contributed by atoms with Crippen LogP contribution in [0, 0.1) is 0 Å². The molecule has 0 spiro atoms. The summed E-state index contributed by atoms with van der Waals surface area (Å²) >= 11 is 0. The van der Waals surface area contributed by atoms with Gasteiger partial charge in [0.05, 0.1) is 12.7 Å². The van der Waals surface area contributed by atoms with Gasteiger partial charge in [-0.15, -0.1) is 0 Å². The van der Waals surface area contributed by atoms with E-state index >= 15 is 0 Å². The number of Topliss-reactive ketones (excluding diaryl/α,β-unsaturated/α-hetero) is 2. The molecule has 2 aliphatic rings. The molecule has 0 unspecified atom stereocenters. The van der Waals surface area contributed by atoms with Gasteiger partial charge in [0.25, 0.3) is 0 Å². The Hall–Kier alpha value is -3.20. The van der Waals surface area contributed by atoms with Crippen LogP contribution in [0.4, 0.5) is 0 Å². The first-order chi connectivity index (χ1) is 11.7. The highest BCUT2D eigenvalue weighted by Crippen LogP contribution is 2.47. The van der Waals surface area contributed by atoms with Crippen molar-refractivity contribution in [3.8, 4) is 5.75 Å². The molecule has 5 rings (SSSR count). The quantitative estimate of drug-likeness (QED) is 0.637. The van der Waals surface area contributed by atoms with E-state index in [0.717, 1.165) is 33.2 Å². The third-order valence-corrected chi connectivity index (χ3v) is 4.88. The van der Waals surface area contributed by atoms with E-state index in [0.29, 0.717) is 16.7 Å². The zero-order valence-corrected chi connectivity index (χ0v) is 12.9. The Bertz CT molecular complexity index is 1120. The molecule has 2 aliphatic carbocycles. The first-order valence-corrected chi connectivity index (χ1v) is 7.75. The van der Waals surface area contributed by atoms with Crippen LogP contribution in [-0.2, 0) is 0 Å². The van der Waals surface area contributed by atoms with E-state index in [1.165, 1.54) is 0 Å². The number of carbonyl (C=O) groups is 2. The van der Waals surface area contributed by atoms with Gasteiger partial charge >= 0.3 is 0 Å². The van der Waals surface area contributed by atoms with Gasteiger partial charge in [0, 0.05) is 27.5 Å². The fourth-order valence-corrected chi connectivity index (χ4v) is 3.87. The molecule has 0 N–H and O–H groups in total. The molecule has 0 radical (unpaired) electrons.